The quantitative estimate of drug-likeness (QED) is 0.548. The second kappa shape index (κ2) is 6.88. The number of rotatable bonds is 4. The lowest BCUT2D eigenvalue weighted by atomic mass is 10.2. The van der Waals surface area contributed by atoms with Gasteiger partial charge >= 0.3 is 0 Å². The van der Waals surface area contributed by atoms with Crippen molar-refractivity contribution in [2.45, 2.75) is 25.4 Å². The molecule has 0 N–H and O–H groups in total. The van der Waals surface area contributed by atoms with Crippen LogP contribution < -0.4 is 0 Å². The lowest BCUT2D eigenvalue weighted by Gasteiger charge is -2.25. The topological polar surface area (TPSA) is 81.7 Å². The standard InChI is InChI=1S/C20H19N7O/c28-20(15-7-8-19(22-10-15)27-13-21-12-24-27)26-9-3-4-16(26)11-25-14-23-17-5-1-2-6-18(17)25/h1-2,5-8,10,12-14,16H,3-4,9,11H2. The molecule has 1 aromatic carbocycles. The lowest BCUT2D eigenvalue weighted by molar-refractivity contribution is 0.0724. The van der Waals surface area contributed by atoms with E-state index in [1.54, 1.807) is 29.3 Å². The minimum Gasteiger partial charge on any atom is -0.334 e. The van der Waals surface area contributed by atoms with Crippen molar-refractivity contribution in [3.05, 3.63) is 67.1 Å². The van der Waals surface area contributed by atoms with E-state index in [-0.39, 0.29) is 11.9 Å². The first-order chi connectivity index (χ1) is 13.8. The van der Waals surface area contributed by atoms with Crippen molar-refractivity contribution in [1.82, 2.24) is 34.2 Å². The third-order valence-corrected chi connectivity index (χ3v) is 5.22. The molecule has 1 saturated heterocycles. The van der Waals surface area contributed by atoms with Gasteiger partial charge < -0.3 is 9.47 Å². The predicted octanol–water partition coefficient (Wildman–Crippen LogP) is 2.32. The number of para-hydroxylation sites is 2. The fourth-order valence-electron chi connectivity index (χ4n) is 3.82. The smallest absolute Gasteiger partial charge is 0.255 e. The molecule has 0 bridgehead atoms. The van der Waals surface area contributed by atoms with Gasteiger partial charge in [0.2, 0.25) is 0 Å². The largest absolute Gasteiger partial charge is 0.334 e. The first-order valence-electron chi connectivity index (χ1n) is 9.31. The average Bonchev–Trinajstić information content (AvgIpc) is 3.50. The monoisotopic (exact) mass is 373 g/mol. The maximum Gasteiger partial charge on any atom is 0.255 e. The number of nitrogens with zero attached hydrogens (tertiary/aromatic N) is 7. The molecule has 4 heterocycles. The van der Waals surface area contributed by atoms with Gasteiger partial charge in [-0.1, -0.05) is 12.1 Å². The number of likely N-dealkylation sites (tertiary alicyclic amines) is 1. The van der Waals surface area contributed by atoms with Crippen LogP contribution in [0.1, 0.15) is 23.2 Å². The van der Waals surface area contributed by atoms with Crippen molar-refractivity contribution < 1.29 is 4.79 Å². The van der Waals surface area contributed by atoms with E-state index in [0.717, 1.165) is 37.0 Å². The zero-order valence-electron chi connectivity index (χ0n) is 15.2. The predicted molar refractivity (Wildman–Crippen MR) is 103 cm³/mol. The van der Waals surface area contributed by atoms with Crippen LogP contribution in [0.4, 0.5) is 0 Å². The number of aromatic nitrogens is 6. The number of pyridine rings is 1. The maximum atomic E-state index is 13.1. The van der Waals surface area contributed by atoms with Gasteiger partial charge in [0.05, 0.1) is 29.0 Å². The van der Waals surface area contributed by atoms with Crippen LogP contribution in [0.5, 0.6) is 0 Å². The van der Waals surface area contributed by atoms with Crippen LogP contribution in [0.3, 0.4) is 0 Å². The van der Waals surface area contributed by atoms with E-state index in [9.17, 15) is 4.79 Å². The highest BCUT2D eigenvalue weighted by atomic mass is 16.2. The van der Waals surface area contributed by atoms with Gasteiger partial charge in [0.25, 0.3) is 5.91 Å². The molecule has 1 atom stereocenters. The van der Waals surface area contributed by atoms with E-state index in [0.29, 0.717) is 11.4 Å². The van der Waals surface area contributed by atoms with Crippen molar-refractivity contribution in [1.29, 1.82) is 0 Å². The number of hydrogen-bond acceptors (Lipinski definition) is 5. The molecule has 4 aromatic rings. The molecular weight excluding hydrogens is 354 g/mol. The third-order valence-electron chi connectivity index (χ3n) is 5.22. The first-order valence-corrected chi connectivity index (χ1v) is 9.31. The molecule has 8 heteroatoms. The highest BCUT2D eigenvalue weighted by Gasteiger charge is 2.30. The second-order valence-electron chi connectivity index (χ2n) is 6.93. The van der Waals surface area contributed by atoms with Crippen LogP contribution in [0.15, 0.2) is 61.6 Å². The van der Waals surface area contributed by atoms with Crippen molar-refractivity contribution in [3.8, 4) is 5.82 Å². The fraction of sp³-hybridized carbons (Fsp3) is 0.250. The van der Waals surface area contributed by atoms with Crippen molar-refractivity contribution in [2.24, 2.45) is 0 Å². The Labute approximate surface area is 161 Å². The fourth-order valence-corrected chi connectivity index (χ4v) is 3.82. The molecule has 1 amide bonds. The number of amides is 1. The number of fused-ring (bicyclic) bond motifs is 1. The van der Waals surface area contributed by atoms with E-state index in [1.165, 1.54) is 6.33 Å². The summed E-state index contributed by atoms with van der Waals surface area (Å²) in [7, 11) is 0. The molecule has 5 rings (SSSR count). The van der Waals surface area contributed by atoms with Gasteiger partial charge in [-0.25, -0.2) is 19.6 Å². The summed E-state index contributed by atoms with van der Waals surface area (Å²) in [5, 5.41) is 4.06. The molecule has 1 aliphatic rings. The van der Waals surface area contributed by atoms with Gasteiger partial charge in [0.1, 0.15) is 12.7 Å². The summed E-state index contributed by atoms with van der Waals surface area (Å²) in [6, 6.07) is 11.8. The first kappa shape index (κ1) is 16.6. The summed E-state index contributed by atoms with van der Waals surface area (Å²) in [5.74, 6) is 0.654. The molecule has 0 saturated carbocycles. The molecule has 140 valence electrons. The summed E-state index contributed by atoms with van der Waals surface area (Å²) in [4.78, 5) is 27.8. The Morgan fingerprint density at radius 3 is 2.86 bits per heavy atom. The van der Waals surface area contributed by atoms with Crippen molar-refractivity contribution >= 4 is 16.9 Å². The number of benzene rings is 1. The molecule has 0 radical (unpaired) electrons. The van der Waals surface area contributed by atoms with E-state index >= 15 is 0 Å². The summed E-state index contributed by atoms with van der Waals surface area (Å²) in [6.07, 6.45) is 8.50. The number of carbonyl (C=O) groups is 1. The van der Waals surface area contributed by atoms with Gasteiger partial charge in [0.15, 0.2) is 5.82 Å². The highest BCUT2D eigenvalue weighted by molar-refractivity contribution is 5.94. The van der Waals surface area contributed by atoms with E-state index < -0.39 is 0 Å². The third kappa shape index (κ3) is 2.92. The number of hydrogen-bond donors (Lipinski definition) is 0. The zero-order chi connectivity index (χ0) is 18.9. The Hall–Kier alpha value is -3.55. The van der Waals surface area contributed by atoms with Crippen LogP contribution in [0.25, 0.3) is 16.9 Å². The molecule has 0 aliphatic carbocycles. The Morgan fingerprint density at radius 2 is 2.04 bits per heavy atom. The minimum atomic E-state index is 0.0181. The number of carbonyl (C=O) groups excluding carboxylic acids is 1. The molecule has 0 spiro atoms. The normalized spacial score (nSPS) is 16.7. The van der Waals surface area contributed by atoms with Crippen LogP contribution >= 0.6 is 0 Å². The minimum absolute atomic E-state index is 0.0181. The Bertz CT molecular complexity index is 1100. The van der Waals surface area contributed by atoms with Crippen molar-refractivity contribution in [3.63, 3.8) is 0 Å². The van der Waals surface area contributed by atoms with Crippen LogP contribution in [-0.2, 0) is 6.54 Å². The molecule has 1 aliphatic heterocycles. The van der Waals surface area contributed by atoms with Gasteiger partial charge in [0, 0.05) is 19.3 Å². The van der Waals surface area contributed by atoms with Crippen LogP contribution in [0.2, 0.25) is 0 Å². The van der Waals surface area contributed by atoms with E-state index in [1.807, 2.05) is 29.4 Å². The van der Waals surface area contributed by atoms with Gasteiger partial charge in [-0.05, 0) is 37.1 Å². The molecular formula is C20H19N7O. The highest BCUT2D eigenvalue weighted by Crippen LogP contribution is 2.23. The van der Waals surface area contributed by atoms with Gasteiger partial charge in [-0.3, -0.25) is 4.79 Å². The summed E-state index contributed by atoms with van der Waals surface area (Å²) in [5.41, 5.74) is 2.66. The molecule has 28 heavy (non-hydrogen) atoms. The Balaban J connectivity index is 1.35. The second-order valence-corrected chi connectivity index (χ2v) is 6.93. The summed E-state index contributed by atoms with van der Waals surface area (Å²) in [6.45, 7) is 1.51. The van der Waals surface area contributed by atoms with Gasteiger partial charge in [-0.15, -0.1) is 0 Å². The zero-order valence-corrected chi connectivity index (χ0v) is 15.2. The Morgan fingerprint density at radius 1 is 1.11 bits per heavy atom. The van der Waals surface area contributed by atoms with Crippen molar-refractivity contribution in [2.75, 3.05) is 6.54 Å². The lowest BCUT2D eigenvalue weighted by Crippen LogP contribution is -2.38. The molecule has 8 nitrogen and oxygen atoms in total. The van der Waals surface area contributed by atoms with Gasteiger partial charge in [-0.2, -0.15) is 5.10 Å². The molecule has 1 unspecified atom stereocenters. The summed E-state index contributed by atoms with van der Waals surface area (Å²) < 4.78 is 3.70. The Kier molecular flexibility index (Phi) is 4.08. The van der Waals surface area contributed by atoms with E-state index in [2.05, 4.69) is 30.7 Å². The summed E-state index contributed by atoms with van der Waals surface area (Å²) >= 11 is 0. The maximum absolute atomic E-state index is 13.1. The molecule has 1 fully saturated rings. The number of imidazole rings is 1. The SMILES string of the molecule is O=C(c1ccc(-n2cncn2)nc1)N1CCCC1Cn1cnc2ccccc21. The molecule has 3 aromatic heterocycles. The van der Waals surface area contributed by atoms with Crippen LogP contribution in [-0.4, -0.2) is 52.7 Å². The van der Waals surface area contributed by atoms with Crippen LogP contribution in [0, 0.1) is 0 Å². The average molecular weight is 373 g/mol. The van der Waals surface area contributed by atoms with E-state index in [4.69, 9.17) is 0 Å².